The fourth-order valence-electron chi connectivity index (χ4n) is 2.39. The number of rotatable bonds is 4. The molecule has 0 aromatic heterocycles. The summed E-state index contributed by atoms with van der Waals surface area (Å²) in [5.41, 5.74) is 4.87. The van der Waals surface area contributed by atoms with Crippen LogP contribution in [0, 0.1) is 11.8 Å². The normalized spacial score (nSPS) is 15.7. The van der Waals surface area contributed by atoms with E-state index in [0.717, 1.165) is 13.0 Å². The van der Waals surface area contributed by atoms with Crippen LogP contribution in [-0.2, 0) is 9.53 Å². The lowest BCUT2D eigenvalue weighted by Gasteiger charge is -2.32. The van der Waals surface area contributed by atoms with Crippen molar-refractivity contribution in [3.05, 3.63) is 0 Å². The van der Waals surface area contributed by atoms with Gasteiger partial charge in [0.05, 0.1) is 0 Å². The Morgan fingerprint density at radius 3 is 2.32 bits per heavy atom. The van der Waals surface area contributed by atoms with Gasteiger partial charge in [-0.2, -0.15) is 0 Å². The van der Waals surface area contributed by atoms with E-state index in [2.05, 4.69) is 30.0 Å². The Morgan fingerprint density at radius 1 is 1.20 bits per heavy atom. The zero-order chi connectivity index (χ0) is 19.0. The highest BCUT2D eigenvalue weighted by molar-refractivity contribution is 7.80. The second-order valence-electron chi connectivity index (χ2n) is 7.79. The molecule has 0 aliphatic carbocycles. The van der Waals surface area contributed by atoms with Crippen LogP contribution in [0.2, 0.25) is 0 Å². The summed E-state index contributed by atoms with van der Waals surface area (Å²) in [7, 11) is 0. The minimum Gasteiger partial charge on any atom is -0.444 e. The molecular weight excluding hydrogens is 340 g/mol. The Hall–Kier alpha value is -1.57. The predicted molar refractivity (Wildman–Crippen MR) is 102 cm³/mol. The molecule has 0 radical (unpaired) electrons. The van der Waals surface area contributed by atoms with Crippen LogP contribution >= 0.6 is 12.2 Å². The van der Waals surface area contributed by atoms with Crippen molar-refractivity contribution in [2.45, 2.75) is 59.5 Å². The molecule has 2 amide bonds. The van der Waals surface area contributed by atoms with Crippen LogP contribution in [0.1, 0.15) is 53.9 Å². The Labute approximate surface area is 156 Å². The van der Waals surface area contributed by atoms with E-state index in [-0.39, 0.29) is 17.9 Å². The molecule has 0 aromatic rings. The molecule has 0 atom stereocenters. The molecule has 0 bridgehead atoms. The van der Waals surface area contributed by atoms with Gasteiger partial charge in [-0.3, -0.25) is 15.6 Å². The number of likely N-dealkylation sites (tertiary alicyclic amines) is 1. The predicted octanol–water partition coefficient (Wildman–Crippen LogP) is 2.17. The summed E-state index contributed by atoms with van der Waals surface area (Å²) in [6, 6.07) is 0. The maximum absolute atomic E-state index is 12.2. The van der Waals surface area contributed by atoms with Crippen LogP contribution in [0.3, 0.4) is 0 Å². The van der Waals surface area contributed by atoms with E-state index < -0.39 is 5.60 Å². The van der Waals surface area contributed by atoms with E-state index in [9.17, 15) is 9.59 Å². The highest BCUT2D eigenvalue weighted by atomic mass is 32.1. The third-order valence-corrected chi connectivity index (χ3v) is 4.07. The largest absolute Gasteiger partial charge is 0.444 e. The molecule has 25 heavy (non-hydrogen) atoms. The van der Waals surface area contributed by atoms with Gasteiger partial charge in [0, 0.05) is 25.6 Å². The lowest BCUT2D eigenvalue weighted by atomic mass is 9.96. The molecule has 0 aromatic carbocycles. The Morgan fingerprint density at radius 2 is 1.80 bits per heavy atom. The van der Waals surface area contributed by atoms with Crippen LogP contribution in [0.15, 0.2) is 0 Å². The van der Waals surface area contributed by atoms with Crippen molar-refractivity contribution in [3.8, 4) is 0 Å². The van der Waals surface area contributed by atoms with Gasteiger partial charge in [0.2, 0.25) is 5.91 Å². The maximum Gasteiger partial charge on any atom is 0.410 e. The van der Waals surface area contributed by atoms with Crippen molar-refractivity contribution in [1.29, 1.82) is 0 Å². The van der Waals surface area contributed by atoms with E-state index in [1.54, 1.807) is 4.90 Å². The topological polar surface area (TPSA) is 82.7 Å². The SMILES string of the molecule is CC(C)CCNC(=S)NNC(=O)C1CCN(C(=O)OC(C)(C)C)CC1. The van der Waals surface area contributed by atoms with Crippen molar-refractivity contribution < 1.29 is 14.3 Å². The molecule has 1 aliphatic rings. The third kappa shape index (κ3) is 8.90. The second-order valence-corrected chi connectivity index (χ2v) is 8.20. The highest BCUT2D eigenvalue weighted by Gasteiger charge is 2.29. The van der Waals surface area contributed by atoms with Gasteiger partial charge in [-0.1, -0.05) is 13.8 Å². The molecule has 1 heterocycles. The average molecular weight is 373 g/mol. The summed E-state index contributed by atoms with van der Waals surface area (Å²) in [5, 5.41) is 3.47. The van der Waals surface area contributed by atoms with Crippen LogP contribution in [0.5, 0.6) is 0 Å². The van der Waals surface area contributed by atoms with E-state index in [4.69, 9.17) is 17.0 Å². The fraction of sp³-hybridized carbons (Fsp3) is 0.824. The molecule has 3 N–H and O–H groups in total. The summed E-state index contributed by atoms with van der Waals surface area (Å²) in [5.74, 6) is 0.363. The molecule has 1 saturated heterocycles. The fourth-order valence-corrected chi connectivity index (χ4v) is 2.54. The molecule has 1 aliphatic heterocycles. The van der Waals surface area contributed by atoms with Gasteiger partial charge in [-0.15, -0.1) is 0 Å². The summed E-state index contributed by atoms with van der Waals surface area (Å²) >= 11 is 5.12. The Balaban J connectivity index is 2.27. The van der Waals surface area contributed by atoms with E-state index in [0.29, 0.717) is 37.0 Å². The number of thiocarbonyl (C=S) groups is 1. The molecule has 1 fully saturated rings. The van der Waals surface area contributed by atoms with Crippen LogP contribution < -0.4 is 16.2 Å². The van der Waals surface area contributed by atoms with E-state index in [1.807, 2.05) is 20.8 Å². The number of ether oxygens (including phenoxy) is 1. The summed E-state index contributed by atoms with van der Waals surface area (Å²) < 4.78 is 5.35. The first-order valence-electron chi connectivity index (χ1n) is 8.90. The smallest absolute Gasteiger partial charge is 0.410 e. The molecule has 8 heteroatoms. The van der Waals surface area contributed by atoms with Crippen LogP contribution in [-0.4, -0.2) is 47.2 Å². The monoisotopic (exact) mass is 372 g/mol. The minimum atomic E-state index is -0.506. The summed E-state index contributed by atoms with van der Waals surface area (Å²) in [6.45, 7) is 11.6. The molecule has 0 unspecified atom stereocenters. The van der Waals surface area contributed by atoms with Crippen molar-refractivity contribution >= 4 is 29.3 Å². The van der Waals surface area contributed by atoms with Crippen LogP contribution in [0.4, 0.5) is 4.79 Å². The quantitative estimate of drug-likeness (QED) is 0.518. The lowest BCUT2D eigenvalue weighted by Crippen LogP contribution is -2.51. The average Bonchev–Trinajstić information content (AvgIpc) is 2.50. The van der Waals surface area contributed by atoms with Gasteiger partial charge in [0.1, 0.15) is 5.60 Å². The standard InChI is InChI=1S/C17H32N4O3S/c1-12(2)6-9-18-15(25)20-19-14(22)13-7-10-21(11-8-13)16(23)24-17(3,4)5/h12-13H,6-11H2,1-5H3,(H,19,22)(H2,18,20,25). The van der Waals surface area contributed by atoms with Gasteiger partial charge in [-0.25, -0.2) is 4.79 Å². The van der Waals surface area contributed by atoms with Crippen molar-refractivity contribution in [3.63, 3.8) is 0 Å². The number of nitrogens with zero attached hydrogens (tertiary/aromatic N) is 1. The first kappa shape index (κ1) is 21.5. The van der Waals surface area contributed by atoms with E-state index in [1.165, 1.54) is 0 Å². The molecule has 7 nitrogen and oxygen atoms in total. The van der Waals surface area contributed by atoms with Crippen molar-refractivity contribution in [2.24, 2.45) is 11.8 Å². The van der Waals surface area contributed by atoms with Gasteiger partial charge in [0.25, 0.3) is 0 Å². The number of carbonyl (C=O) groups excluding carboxylic acids is 2. The second kappa shape index (κ2) is 9.79. The number of nitrogens with one attached hydrogen (secondary N) is 3. The molecule has 1 rings (SSSR count). The molecular formula is C17H32N4O3S. The Bertz CT molecular complexity index is 469. The summed E-state index contributed by atoms with van der Waals surface area (Å²) in [6.07, 6.45) is 1.92. The number of amides is 2. The Kier molecular flexibility index (Phi) is 8.41. The number of carbonyl (C=O) groups is 2. The number of hydrogen-bond acceptors (Lipinski definition) is 4. The lowest BCUT2D eigenvalue weighted by molar-refractivity contribution is -0.127. The van der Waals surface area contributed by atoms with Gasteiger partial charge in [-0.05, 0) is 58.2 Å². The third-order valence-electron chi connectivity index (χ3n) is 3.82. The molecule has 0 saturated carbocycles. The first-order valence-corrected chi connectivity index (χ1v) is 9.31. The number of hydrazine groups is 1. The van der Waals surface area contributed by atoms with Gasteiger partial charge in [0.15, 0.2) is 5.11 Å². The number of hydrogen-bond donors (Lipinski definition) is 3. The van der Waals surface area contributed by atoms with Gasteiger partial charge >= 0.3 is 6.09 Å². The van der Waals surface area contributed by atoms with Gasteiger partial charge < -0.3 is 15.0 Å². The number of piperidine rings is 1. The highest BCUT2D eigenvalue weighted by Crippen LogP contribution is 2.19. The zero-order valence-electron chi connectivity index (χ0n) is 16.0. The maximum atomic E-state index is 12.2. The first-order chi connectivity index (χ1) is 11.6. The molecule has 0 spiro atoms. The van der Waals surface area contributed by atoms with Crippen LogP contribution in [0.25, 0.3) is 0 Å². The molecule has 144 valence electrons. The minimum absolute atomic E-state index is 0.100. The van der Waals surface area contributed by atoms with Crippen molar-refractivity contribution in [1.82, 2.24) is 21.1 Å². The van der Waals surface area contributed by atoms with Crippen molar-refractivity contribution in [2.75, 3.05) is 19.6 Å². The summed E-state index contributed by atoms with van der Waals surface area (Å²) in [4.78, 5) is 25.9. The van der Waals surface area contributed by atoms with E-state index >= 15 is 0 Å². The zero-order valence-corrected chi connectivity index (χ0v) is 16.8.